The third-order valence-corrected chi connectivity index (χ3v) is 4.77. The van der Waals surface area contributed by atoms with Crippen LogP contribution in [0.1, 0.15) is 42.1 Å². The molecule has 1 aromatic carbocycles. The van der Waals surface area contributed by atoms with Crippen molar-refractivity contribution in [2.45, 2.75) is 43.5 Å². The molecule has 0 atom stereocenters. The van der Waals surface area contributed by atoms with Crippen LogP contribution in [-0.4, -0.2) is 19.9 Å². The average molecular weight is 300 g/mol. The smallest absolute Gasteiger partial charge is 0.251 e. The van der Waals surface area contributed by atoms with Crippen LogP contribution in [0, 0.1) is 12.7 Å². The number of hydrogen-bond acceptors (Lipinski definition) is 3. The van der Waals surface area contributed by atoms with Gasteiger partial charge in [0.2, 0.25) is 10.0 Å². The van der Waals surface area contributed by atoms with Crippen LogP contribution in [0.25, 0.3) is 0 Å². The molecule has 3 N–H and O–H groups in total. The molecule has 0 unspecified atom stereocenters. The number of nitrogens with one attached hydrogen (secondary N) is 1. The van der Waals surface area contributed by atoms with Crippen molar-refractivity contribution in [1.29, 1.82) is 0 Å². The zero-order valence-electron chi connectivity index (χ0n) is 11.4. The molecule has 0 radical (unpaired) electrons. The molecule has 110 valence electrons. The van der Waals surface area contributed by atoms with Gasteiger partial charge in [0.05, 0.1) is 4.90 Å². The Morgan fingerprint density at radius 3 is 2.45 bits per heavy atom. The van der Waals surface area contributed by atoms with Gasteiger partial charge in [-0.3, -0.25) is 4.79 Å². The van der Waals surface area contributed by atoms with Crippen molar-refractivity contribution in [3.05, 3.63) is 29.1 Å². The van der Waals surface area contributed by atoms with Crippen molar-refractivity contribution in [2.75, 3.05) is 0 Å². The molecule has 0 aromatic heterocycles. The van der Waals surface area contributed by atoms with Gasteiger partial charge in [-0.1, -0.05) is 0 Å². The summed E-state index contributed by atoms with van der Waals surface area (Å²) in [6.07, 6.45) is 2.74. The number of nitrogens with two attached hydrogens (primary N) is 1. The summed E-state index contributed by atoms with van der Waals surface area (Å²) in [7, 11) is -4.07. The van der Waals surface area contributed by atoms with Crippen molar-refractivity contribution >= 4 is 15.9 Å². The molecular formula is C13H17FN2O3S. The van der Waals surface area contributed by atoms with Gasteiger partial charge < -0.3 is 5.32 Å². The Morgan fingerprint density at radius 1 is 1.40 bits per heavy atom. The Kier molecular flexibility index (Phi) is 3.60. The first-order chi connectivity index (χ1) is 9.12. The van der Waals surface area contributed by atoms with Crippen molar-refractivity contribution in [3.63, 3.8) is 0 Å². The highest BCUT2D eigenvalue weighted by atomic mass is 32.2. The summed E-state index contributed by atoms with van der Waals surface area (Å²) in [4.78, 5) is 11.7. The van der Waals surface area contributed by atoms with Crippen molar-refractivity contribution in [2.24, 2.45) is 5.14 Å². The van der Waals surface area contributed by atoms with Gasteiger partial charge in [-0.05, 0) is 45.2 Å². The summed E-state index contributed by atoms with van der Waals surface area (Å²) in [5.74, 6) is -1.25. The lowest BCUT2D eigenvalue weighted by Gasteiger charge is -2.39. The highest BCUT2D eigenvalue weighted by Crippen LogP contribution is 2.31. The topological polar surface area (TPSA) is 89.3 Å². The predicted molar refractivity (Wildman–Crippen MR) is 72.2 cm³/mol. The number of carbonyl (C=O) groups is 1. The molecule has 0 aliphatic heterocycles. The van der Waals surface area contributed by atoms with Crippen LogP contribution in [-0.2, 0) is 10.0 Å². The lowest BCUT2D eigenvalue weighted by Crippen LogP contribution is -2.51. The Morgan fingerprint density at radius 2 is 2.00 bits per heavy atom. The van der Waals surface area contributed by atoms with E-state index in [2.05, 4.69) is 5.32 Å². The molecule has 1 aliphatic carbocycles. The van der Waals surface area contributed by atoms with Gasteiger partial charge in [0.25, 0.3) is 5.91 Å². The fraction of sp³-hybridized carbons (Fsp3) is 0.462. The number of carbonyl (C=O) groups excluding carboxylic acids is 1. The Balaban J connectivity index is 2.38. The zero-order valence-corrected chi connectivity index (χ0v) is 12.2. The van der Waals surface area contributed by atoms with Crippen molar-refractivity contribution < 1.29 is 17.6 Å². The SMILES string of the molecule is Cc1c(F)cc(C(=O)NC2(C)CCC2)cc1S(N)(=O)=O. The van der Waals surface area contributed by atoms with Crippen LogP contribution >= 0.6 is 0 Å². The molecule has 0 spiro atoms. The molecule has 20 heavy (non-hydrogen) atoms. The molecular weight excluding hydrogens is 283 g/mol. The first kappa shape index (κ1) is 14.9. The summed E-state index contributed by atoms with van der Waals surface area (Å²) >= 11 is 0. The van der Waals surface area contributed by atoms with Gasteiger partial charge in [-0.25, -0.2) is 17.9 Å². The molecule has 2 rings (SSSR count). The number of rotatable bonds is 3. The number of sulfonamides is 1. The van der Waals surface area contributed by atoms with E-state index in [0.29, 0.717) is 0 Å². The standard InChI is InChI=1S/C13H17FN2O3S/c1-8-10(14)6-9(7-11(8)20(15,18)19)12(17)16-13(2)4-3-5-13/h6-7H,3-5H2,1-2H3,(H,16,17)(H2,15,18,19). The van der Waals surface area contributed by atoms with E-state index in [4.69, 9.17) is 5.14 Å². The molecule has 0 bridgehead atoms. The van der Waals surface area contributed by atoms with E-state index in [1.165, 1.54) is 6.92 Å². The summed E-state index contributed by atoms with van der Waals surface area (Å²) in [5, 5.41) is 7.83. The maximum absolute atomic E-state index is 13.8. The van der Waals surface area contributed by atoms with Crippen molar-refractivity contribution in [1.82, 2.24) is 5.32 Å². The molecule has 0 heterocycles. The Labute approximate surface area is 117 Å². The number of halogens is 1. The fourth-order valence-corrected chi connectivity index (χ4v) is 3.07. The van der Waals surface area contributed by atoms with Crippen molar-refractivity contribution in [3.8, 4) is 0 Å². The van der Waals surface area contributed by atoms with Gasteiger partial charge in [-0.15, -0.1) is 0 Å². The lowest BCUT2D eigenvalue weighted by atomic mass is 9.78. The minimum atomic E-state index is -4.07. The van der Waals surface area contributed by atoms with Gasteiger partial charge in [-0.2, -0.15) is 0 Å². The molecule has 1 amide bonds. The quantitative estimate of drug-likeness (QED) is 0.885. The van der Waals surface area contributed by atoms with Crippen LogP contribution in [0.3, 0.4) is 0 Å². The van der Waals surface area contributed by atoms with Gasteiger partial charge in [0, 0.05) is 16.7 Å². The van der Waals surface area contributed by atoms with E-state index in [1.807, 2.05) is 6.92 Å². The highest BCUT2D eigenvalue weighted by molar-refractivity contribution is 7.89. The molecule has 5 nitrogen and oxygen atoms in total. The third-order valence-electron chi connectivity index (χ3n) is 3.74. The monoisotopic (exact) mass is 300 g/mol. The van der Waals surface area contributed by atoms with Crippen LogP contribution in [0.2, 0.25) is 0 Å². The third kappa shape index (κ3) is 2.83. The fourth-order valence-electron chi connectivity index (χ4n) is 2.26. The van der Waals surface area contributed by atoms with E-state index >= 15 is 0 Å². The second-order valence-electron chi connectivity index (χ2n) is 5.49. The van der Waals surface area contributed by atoms with E-state index in [-0.39, 0.29) is 21.6 Å². The number of amides is 1. The maximum atomic E-state index is 13.8. The van der Waals surface area contributed by atoms with E-state index in [1.54, 1.807) is 0 Å². The van der Waals surface area contributed by atoms with Crippen LogP contribution in [0.5, 0.6) is 0 Å². The van der Waals surface area contributed by atoms with E-state index in [0.717, 1.165) is 31.4 Å². The second-order valence-corrected chi connectivity index (χ2v) is 7.02. The van der Waals surface area contributed by atoms with E-state index in [9.17, 15) is 17.6 Å². The average Bonchev–Trinajstić information content (AvgIpc) is 2.28. The van der Waals surface area contributed by atoms with Crippen LogP contribution in [0.4, 0.5) is 4.39 Å². The highest BCUT2D eigenvalue weighted by Gasteiger charge is 2.33. The van der Waals surface area contributed by atoms with Gasteiger partial charge in [0.1, 0.15) is 5.82 Å². The second kappa shape index (κ2) is 4.82. The summed E-state index contributed by atoms with van der Waals surface area (Å²) in [5.41, 5.74) is -0.413. The number of hydrogen-bond donors (Lipinski definition) is 2. The minimum Gasteiger partial charge on any atom is -0.347 e. The predicted octanol–water partition coefficient (Wildman–Crippen LogP) is 1.45. The van der Waals surface area contributed by atoms with Crippen LogP contribution in [0.15, 0.2) is 17.0 Å². The first-order valence-electron chi connectivity index (χ1n) is 6.28. The normalized spacial score (nSPS) is 17.4. The minimum absolute atomic E-state index is 0.0368. The summed E-state index contributed by atoms with van der Waals surface area (Å²) < 4.78 is 36.6. The molecule has 1 aliphatic rings. The first-order valence-corrected chi connectivity index (χ1v) is 7.82. The molecule has 1 saturated carbocycles. The largest absolute Gasteiger partial charge is 0.347 e. The Hall–Kier alpha value is -1.47. The zero-order chi connectivity index (χ0) is 15.1. The Bertz CT molecular complexity index is 666. The van der Waals surface area contributed by atoms with Gasteiger partial charge >= 0.3 is 0 Å². The van der Waals surface area contributed by atoms with E-state index < -0.39 is 21.7 Å². The lowest BCUT2D eigenvalue weighted by molar-refractivity contribution is 0.0849. The molecule has 7 heteroatoms. The number of benzene rings is 1. The van der Waals surface area contributed by atoms with Gasteiger partial charge in [0.15, 0.2) is 0 Å². The summed E-state index contributed by atoms with van der Waals surface area (Å²) in [6, 6.07) is 2.15. The number of primary sulfonamides is 1. The molecule has 1 aromatic rings. The molecule has 1 fully saturated rings. The molecule has 0 saturated heterocycles. The maximum Gasteiger partial charge on any atom is 0.251 e. The summed E-state index contributed by atoms with van der Waals surface area (Å²) in [6.45, 7) is 3.21. The van der Waals surface area contributed by atoms with Crippen LogP contribution < -0.4 is 10.5 Å².